The van der Waals surface area contributed by atoms with Crippen LogP contribution in [-0.2, 0) is 24.2 Å². The highest BCUT2D eigenvalue weighted by atomic mass is 16.5. The number of rotatable bonds is 4. The van der Waals surface area contributed by atoms with Gasteiger partial charge >= 0.3 is 0 Å². The van der Waals surface area contributed by atoms with Crippen molar-refractivity contribution < 1.29 is 4.74 Å². The molecule has 0 saturated heterocycles. The Morgan fingerprint density at radius 3 is 2.95 bits per heavy atom. The van der Waals surface area contributed by atoms with Crippen molar-refractivity contribution in [2.75, 3.05) is 18.2 Å². The van der Waals surface area contributed by atoms with Crippen molar-refractivity contribution in [3.05, 3.63) is 41.2 Å². The van der Waals surface area contributed by atoms with Crippen LogP contribution < -0.4 is 11.1 Å². The van der Waals surface area contributed by atoms with E-state index in [1.807, 2.05) is 0 Å². The van der Waals surface area contributed by atoms with Gasteiger partial charge in [0.1, 0.15) is 18.2 Å². The zero-order valence-corrected chi connectivity index (χ0v) is 12.2. The van der Waals surface area contributed by atoms with Crippen LogP contribution in [0.3, 0.4) is 0 Å². The molecule has 2 aromatic rings. The molecule has 5 heteroatoms. The lowest BCUT2D eigenvalue weighted by Gasteiger charge is -2.20. The van der Waals surface area contributed by atoms with Crippen molar-refractivity contribution in [3.8, 4) is 0 Å². The number of methoxy groups -OCH3 is 1. The number of anilines is 3. The van der Waals surface area contributed by atoms with Crippen LogP contribution in [0.4, 0.5) is 17.3 Å². The largest absolute Gasteiger partial charge is 0.384 e. The highest BCUT2D eigenvalue weighted by Gasteiger charge is 2.13. The number of nitrogens with one attached hydrogen (secondary N) is 1. The second kappa shape index (κ2) is 6.10. The summed E-state index contributed by atoms with van der Waals surface area (Å²) in [6.07, 6.45) is 4.79. The molecule has 5 nitrogen and oxygen atoms in total. The van der Waals surface area contributed by atoms with Gasteiger partial charge in [0.25, 0.3) is 0 Å². The molecule has 1 aromatic heterocycles. The fraction of sp³-hybridized carbons (Fsp3) is 0.375. The Morgan fingerprint density at radius 2 is 2.10 bits per heavy atom. The van der Waals surface area contributed by atoms with Gasteiger partial charge in [-0.1, -0.05) is 12.1 Å². The first-order chi connectivity index (χ1) is 10.3. The summed E-state index contributed by atoms with van der Waals surface area (Å²) in [5.41, 5.74) is 9.79. The summed E-state index contributed by atoms with van der Waals surface area (Å²) in [5.74, 6) is 1.75. The quantitative estimate of drug-likeness (QED) is 0.903. The first-order valence-corrected chi connectivity index (χ1v) is 7.26. The number of fused-ring (bicyclic) bond motifs is 1. The van der Waals surface area contributed by atoms with Crippen LogP contribution in [0.1, 0.15) is 29.8 Å². The molecule has 110 valence electrons. The third-order valence-electron chi connectivity index (χ3n) is 3.72. The highest BCUT2D eigenvalue weighted by Crippen LogP contribution is 2.29. The smallest absolute Gasteiger partial charge is 0.158 e. The van der Waals surface area contributed by atoms with E-state index in [2.05, 4.69) is 33.5 Å². The Balaban J connectivity index is 1.90. The molecular weight excluding hydrogens is 264 g/mol. The van der Waals surface area contributed by atoms with Crippen LogP contribution in [0.15, 0.2) is 24.3 Å². The number of nitrogens with two attached hydrogens (primary N) is 1. The van der Waals surface area contributed by atoms with Crippen LogP contribution in [0.2, 0.25) is 0 Å². The SMILES string of the molecule is COCc1nc(N)cc(Nc2cccc3c2CCCC3)n1. The Morgan fingerprint density at radius 1 is 1.24 bits per heavy atom. The molecule has 3 N–H and O–H groups in total. The molecule has 3 rings (SSSR count). The number of nitrogens with zero attached hydrogens (tertiary/aromatic N) is 2. The average molecular weight is 284 g/mol. The number of ether oxygens (including phenoxy) is 1. The molecule has 0 saturated carbocycles. The fourth-order valence-electron chi connectivity index (χ4n) is 2.81. The molecule has 1 aromatic carbocycles. The molecule has 0 fully saturated rings. The molecule has 0 amide bonds. The Hall–Kier alpha value is -2.14. The van der Waals surface area contributed by atoms with E-state index >= 15 is 0 Å². The van der Waals surface area contributed by atoms with E-state index in [-0.39, 0.29) is 0 Å². The minimum absolute atomic E-state index is 0.354. The molecule has 0 spiro atoms. The van der Waals surface area contributed by atoms with Gasteiger partial charge in [-0.15, -0.1) is 0 Å². The summed E-state index contributed by atoms with van der Waals surface area (Å²) < 4.78 is 5.07. The maximum absolute atomic E-state index is 5.83. The lowest BCUT2D eigenvalue weighted by molar-refractivity contribution is 0.178. The van der Waals surface area contributed by atoms with Gasteiger partial charge < -0.3 is 15.8 Å². The molecule has 0 radical (unpaired) electrons. The minimum Gasteiger partial charge on any atom is -0.384 e. The summed E-state index contributed by atoms with van der Waals surface area (Å²) in [6, 6.07) is 8.15. The van der Waals surface area contributed by atoms with Gasteiger partial charge in [-0.25, -0.2) is 9.97 Å². The van der Waals surface area contributed by atoms with Crippen LogP contribution in [-0.4, -0.2) is 17.1 Å². The molecule has 0 unspecified atom stereocenters. The lowest BCUT2D eigenvalue weighted by Crippen LogP contribution is -2.08. The van der Waals surface area contributed by atoms with E-state index in [1.165, 1.54) is 24.0 Å². The monoisotopic (exact) mass is 284 g/mol. The Bertz CT molecular complexity index is 642. The molecule has 0 aliphatic heterocycles. The van der Waals surface area contributed by atoms with Crippen molar-refractivity contribution in [1.29, 1.82) is 0 Å². The number of nitrogen functional groups attached to an aromatic ring is 1. The van der Waals surface area contributed by atoms with Crippen LogP contribution >= 0.6 is 0 Å². The molecule has 1 aliphatic carbocycles. The van der Waals surface area contributed by atoms with Crippen molar-refractivity contribution in [2.24, 2.45) is 0 Å². The van der Waals surface area contributed by atoms with Crippen LogP contribution in [0.5, 0.6) is 0 Å². The standard InChI is InChI=1S/C16H20N4O/c1-21-10-16-19-14(17)9-15(20-16)18-13-8-4-6-11-5-2-3-7-12(11)13/h4,6,8-9H,2-3,5,7,10H2,1H3,(H3,17,18,19,20). The first kappa shape index (κ1) is 13.8. The predicted octanol–water partition coefficient (Wildman–Crippen LogP) is 2.83. The topological polar surface area (TPSA) is 73.1 Å². The van der Waals surface area contributed by atoms with Crippen molar-refractivity contribution >= 4 is 17.3 Å². The number of aromatic nitrogens is 2. The summed E-state index contributed by atoms with van der Waals surface area (Å²) in [6.45, 7) is 0.354. The summed E-state index contributed by atoms with van der Waals surface area (Å²) in [7, 11) is 1.62. The average Bonchev–Trinajstić information content (AvgIpc) is 2.47. The predicted molar refractivity (Wildman–Crippen MR) is 83.5 cm³/mol. The molecule has 0 bridgehead atoms. The lowest BCUT2D eigenvalue weighted by atomic mass is 9.90. The van der Waals surface area contributed by atoms with E-state index < -0.39 is 0 Å². The van der Waals surface area contributed by atoms with E-state index in [0.717, 1.165) is 18.5 Å². The number of hydrogen-bond donors (Lipinski definition) is 2. The Kier molecular flexibility index (Phi) is 4.01. The van der Waals surface area contributed by atoms with Gasteiger partial charge in [0.15, 0.2) is 5.82 Å². The van der Waals surface area contributed by atoms with Gasteiger partial charge in [0.2, 0.25) is 0 Å². The van der Waals surface area contributed by atoms with E-state index in [1.54, 1.807) is 13.2 Å². The van der Waals surface area contributed by atoms with Gasteiger partial charge in [0, 0.05) is 18.9 Å². The fourth-order valence-corrected chi connectivity index (χ4v) is 2.81. The maximum atomic E-state index is 5.83. The summed E-state index contributed by atoms with van der Waals surface area (Å²) >= 11 is 0. The van der Waals surface area contributed by atoms with Crippen molar-refractivity contribution in [3.63, 3.8) is 0 Å². The van der Waals surface area contributed by atoms with Crippen molar-refractivity contribution in [1.82, 2.24) is 9.97 Å². The highest BCUT2D eigenvalue weighted by molar-refractivity contribution is 5.64. The normalized spacial score (nSPS) is 13.8. The van der Waals surface area contributed by atoms with Crippen LogP contribution in [0.25, 0.3) is 0 Å². The summed E-state index contributed by atoms with van der Waals surface area (Å²) in [5, 5.41) is 3.39. The number of hydrogen-bond acceptors (Lipinski definition) is 5. The van der Waals surface area contributed by atoms with Gasteiger partial charge in [-0.2, -0.15) is 0 Å². The zero-order chi connectivity index (χ0) is 14.7. The second-order valence-electron chi connectivity index (χ2n) is 5.30. The molecule has 21 heavy (non-hydrogen) atoms. The van der Waals surface area contributed by atoms with Crippen molar-refractivity contribution in [2.45, 2.75) is 32.3 Å². The van der Waals surface area contributed by atoms with Gasteiger partial charge in [-0.05, 0) is 42.9 Å². The van der Waals surface area contributed by atoms with E-state index in [0.29, 0.717) is 24.1 Å². The molecule has 0 atom stereocenters. The Labute approximate surface area is 124 Å². The van der Waals surface area contributed by atoms with E-state index in [9.17, 15) is 0 Å². The van der Waals surface area contributed by atoms with Gasteiger partial charge in [0.05, 0.1) is 0 Å². The number of benzene rings is 1. The molecule has 1 heterocycles. The third kappa shape index (κ3) is 3.13. The van der Waals surface area contributed by atoms with Gasteiger partial charge in [-0.3, -0.25) is 0 Å². The first-order valence-electron chi connectivity index (χ1n) is 7.26. The molecular formula is C16H20N4O. The van der Waals surface area contributed by atoms with E-state index in [4.69, 9.17) is 10.5 Å². The summed E-state index contributed by atoms with van der Waals surface area (Å²) in [4.78, 5) is 8.59. The number of aryl methyl sites for hydroxylation is 1. The minimum atomic E-state index is 0.354. The second-order valence-corrected chi connectivity index (χ2v) is 5.30. The maximum Gasteiger partial charge on any atom is 0.158 e. The zero-order valence-electron chi connectivity index (χ0n) is 12.2. The molecule has 1 aliphatic rings. The van der Waals surface area contributed by atoms with Crippen LogP contribution in [0, 0.1) is 0 Å². The third-order valence-corrected chi connectivity index (χ3v) is 3.72.